The predicted molar refractivity (Wildman–Crippen MR) is 61.1 cm³/mol. The van der Waals surface area contributed by atoms with Crippen molar-refractivity contribution in [2.45, 2.75) is 13.0 Å². The van der Waals surface area contributed by atoms with Gasteiger partial charge in [-0.2, -0.15) is 0 Å². The minimum Gasteiger partial charge on any atom is -0.469 e. The first-order valence-corrected chi connectivity index (χ1v) is 5.66. The van der Waals surface area contributed by atoms with Gasteiger partial charge in [0, 0.05) is 6.54 Å². The molecule has 98 valence electrons. The molecule has 18 heavy (non-hydrogen) atoms. The van der Waals surface area contributed by atoms with Crippen molar-refractivity contribution in [3.05, 3.63) is 23.7 Å². The first kappa shape index (κ1) is 12.6. The highest BCUT2D eigenvalue weighted by Crippen LogP contribution is 2.15. The zero-order valence-corrected chi connectivity index (χ0v) is 10.3. The fourth-order valence-electron chi connectivity index (χ4n) is 1.88. The maximum atomic E-state index is 12.2. The summed E-state index contributed by atoms with van der Waals surface area (Å²) < 4.78 is 15.0. The molecular formula is C12H15NO5. The van der Waals surface area contributed by atoms with Crippen molar-refractivity contribution < 1.29 is 23.5 Å². The Bertz CT molecular complexity index is 453. The molecule has 0 aromatic carbocycles. The summed E-state index contributed by atoms with van der Waals surface area (Å²) in [5.74, 6) is -0.0454. The van der Waals surface area contributed by atoms with Gasteiger partial charge in [0.25, 0.3) is 5.91 Å². The molecule has 1 aromatic rings. The van der Waals surface area contributed by atoms with Crippen molar-refractivity contribution in [1.29, 1.82) is 0 Å². The third-order valence-corrected chi connectivity index (χ3v) is 2.91. The van der Waals surface area contributed by atoms with Crippen LogP contribution in [-0.4, -0.2) is 49.7 Å². The summed E-state index contributed by atoms with van der Waals surface area (Å²) in [5, 5.41) is 0. The number of amides is 1. The summed E-state index contributed by atoms with van der Waals surface area (Å²) in [4.78, 5) is 25.2. The second-order valence-corrected chi connectivity index (χ2v) is 4.02. The molecule has 0 spiro atoms. The number of nitrogens with zero attached hydrogens (tertiary/aromatic N) is 1. The average Bonchev–Trinajstić information content (AvgIpc) is 2.83. The van der Waals surface area contributed by atoms with E-state index in [0.29, 0.717) is 24.5 Å². The maximum absolute atomic E-state index is 12.2. The highest BCUT2D eigenvalue weighted by Gasteiger charge is 2.31. The van der Waals surface area contributed by atoms with Crippen LogP contribution in [0.3, 0.4) is 0 Å². The van der Waals surface area contributed by atoms with E-state index in [-0.39, 0.29) is 12.5 Å². The second-order valence-electron chi connectivity index (χ2n) is 4.02. The molecule has 2 rings (SSSR count). The number of ether oxygens (including phenoxy) is 2. The molecule has 1 amide bonds. The largest absolute Gasteiger partial charge is 0.469 e. The number of esters is 1. The molecule has 1 aliphatic heterocycles. The summed E-state index contributed by atoms with van der Waals surface area (Å²) in [6.07, 6.45) is 0.765. The summed E-state index contributed by atoms with van der Waals surface area (Å²) in [7, 11) is 1.30. The van der Waals surface area contributed by atoms with Crippen LogP contribution in [0.5, 0.6) is 0 Å². The van der Waals surface area contributed by atoms with E-state index in [0.717, 1.165) is 0 Å². The highest BCUT2D eigenvalue weighted by molar-refractivity contribution is 5.95. The van der Waals surface area contributed by atoms with Gasteiger partial charge >= 0.3 is 5.97 Å². The molecule has 0 radical (unpaired) electrons. The van der Waals surface area contributed by atoms with Crippen LogP contribution in [0.15, 0.2) is 16.7 Å². The molecule has 6 heteroatoms. The van der Waals surface area contributed by atoms with Crippen LogP contribution >= 0.6 is 0 Å². The lowest BCUT2D eigenvalue weighted by molar-refractivity contribution is -0.158. The summed E-state index contributed by atoms with van der Waals surface area (Å²) >= 11 is 0. The van der Waals surface area contributed by atoms with Gasteiger partial charge in [-0.15, -0.1) is 0 Å². The second kappa shape index (κ2) is 5.22. The molecule has 0 N–H and O–H groups in total. The lowest BCUT2D eigenvalue weighted by atomic mass is 10.2. The van der Waals surface area contributed by atoms with Crippen molar-refractivity contribution in [2.75, 3.05) is 26.8 Å². The topological polar surface area (TPSA) is 69.0 Å². The van der Waals surface area contributed by atoms with Crippen LogP contribution in [0.4, 0.5) is 0 Å². The smallest absolute Gasteiger partial charge is 0.336 e. The van der Waals surface area contributed by atoms with E-state index in [2.05, 4.69) is 4.74 Å². The fourth-order valence-corrected chi connectivity index (χ4v) is 1.88. The van der Waals surface area contributed by atoms with Crippen LogP contribution in [0.1, 0.15) is 16.1 Å². The van der Waals surface area contributed by atoms with E-state index >= 15 is 0 Å². The average molecular weight is 253 g/mol. The van der Waals surface area contributed by atoms with Crippen LogP contribution in [0.2, 0.25) is 0 Å². The van der Waals surface area contributed by atoms with E-state index < -0.39 is 12.1 Å². The van der Waals surface area contributed by atoms with Gasteiger partial charge in [0.15, 0.2) is 6.10 Å². The number of hydrogen-bond acceptors (Lipinski definition) is 5. The minimum atomic E-state index is -0.708. The van der Waals surface area contributed by atoms with E-state index in [4.69, 9.17) is 9.15 Å². The normalized spacial score (nSPS) is 19.7. The number of rotatable bonds is 2. The molecule has 0 bridgehead atoms. The SMILES string of the molecule is COC(=O)C1CN(C(=O)c2ccoc2C)CCO1. The first-order valence-electron chi connectivity index (χ1n) is 5.66. The number of aryl methyl sites for hydroxylation is 1. The Morgan fingerprint density at radius 2 is 2.28 bits per heavy atom. The number of furan rings is 1. The van der Waals surface area contributed by atoms with Crippen molar-refractivity contribution in [2.24, 2.45) is 0 Å². The minimum absolute atomic E-state index is 0.154. The molecule has 0 saturated carbocycles. The van der Waals surface area contributed by atoms with Crippen molar-refractivity contribution >= 4 is 11.9 Å². The van der Waals surface area contributed by atoms with Gasteiger partial charge in [-0.25, -0.2) is 4.79 Å². The van der Waals surface area contributed by atoms with Gasteiger partial charge in [-0.3, -0.25) is 4.79 Å². The van der Waals surface area contributed by atoms with Gasteiger partial charge in [0.2, 0.25) is 0 Å². The molecule has 1 aromatic heterocycles. The molecule has 1 aliphatic rings. The number of methoxy groups -OCH3 is 1. The molecule has 0 aliphatic carbocycles. The molecule has 1 saturated heterocycles. The Morgan fingerprint density at radius 3 is 2.89 bits per heavy atom. The van der Waals surface area contributed by atoms with Crippen molar-refractivity contribution in [1.82, 2.24) is 4.90 Å². The van der Waals surface area contributed by atoms with Crippen molar-refractivity contribution in [3.8, 4) is 0 Å². The van der Waals surface area contributed by atoms with Crippen LogP contribution < -0.4 is 0 Å². The van der Waals surface area contributed by atoms with Crippen LogP contribution in [0.25, 0.3) is 0 Å². The first-order chi connectivity index (χ1) is 8.63. The maximum Gasteiger partial charge on any atom is 0.336 e. The van der Waals surface area contributed by atoms with Gasteiger partial charge in [0.05, 0.1) is 32.1 Å². The molecule has 2 heterocycles. The lowest BCUT2D eigenvalue weighted by Crippen LogP contribution is -2.48. The lowest BCUT2D eigenvalue weighted by Gasteiger charge is -2.31. The summed E-state index contributed by atoms with van der Waals surface area (Å²) in [5.41, 5.74) is 0.514. The molecule has 1 atom stereocenters. The predicted octanol–water partition coefficient (Wildman–Crippen LogP) is 0.602. The molecule has 1 unspecified atom stereocenters. The number of morpholine rings is 1. The standard InChI is InChI=1S/C12H15NO5/c1-8-9(3-5-17-8)11(14)13-4-6-18-10(7-13)12(15)16-2/h3,5,10H,4,6-7H2,1-2H3. The van der Waals surface area contributed by atoms with Crippen LogP contribution in [-0.2, 0) is 14.3 Å². The highest BCUT2D eigenvalue weighted by atomic mass is 16.6. The third kappa shape index (κ3) is 2.38. The van der Waals surface area contributed by atoms with E-state index in [1.807, 2.05) is 0 Å². The Kier molecular flexibility index (Phi) is 3.66. The Morgan fingerprint density at radius 1 is 1.50 bits per heavy atom. The van der Waals surface area contributed by atoms with E-state index in [9.17, 15) is 9.59 Å². The van der Waals surface area contributed by atoms with Gasteiger partial charge < -0.3 is 18.8 Å². The quantitative estimate of drug-likeness (QED) is 0.722. The number of hydrogen-bond donors (Lipinski definition) is 0. The zero-order chi connectivity index (χ0) is 13.1. The van der Waals surface area contributed by atoms with Gasteiger partial charge in [-0.05, 0) is 13.0 Å². The third-order valence-electron chi connectivity index (χ3n) is 2.91. The summed E-state index contributed by atoms with van der Waals surface area (Å²) in [6, 6.07) is 1.63. The Hall–Kier alpha value is -1.82. The van der Waals surface area contributed by atoms with E-state index in [1.54, 1.807) is 17.9 Å². The molecule has 6 nitrogen and oxygen atoms in total. The van der Waals surface area contributed by atoms with E-state index in [1.165, 1.54) is 13.4 Å². The number of carbonyl (C=O) groups excluding carboxylic acids is 2. The van der Waals surface area contributed by atoms with Crippen LogP contribution in [0, 0.1) is 6.92 Å². The fraction of sp³-hybridized carbons (Fsp3) is 0.500. The van der Waals surface area contributed by atoms with Gasteiger partial charge in [-0.1, -0.05) is 0 Å². The number of carbonyl (C=O) groups is 2. The molecule has 1 fully saturated rings. The van der Waals surface area contributed by atoms with Crippen molar-refractivity contribution in [3.63, 3.8) is 0 Å². The monoisotopic (exact) mass is 253 g/mol. The Balaban J connectivity index is 2.07. The van der Waals surface area contributed by atoms with Gasteiger partial charge in [0.1, 0.15) is 5.76 Å². The summed E-state index contributed by atoms with van der Waals surface area (Å²) in [6.45, 7) is 2.71. The Labute approximate surface area is 104 Å². The molecular weight excluding hydrogens is 238 g/mol. The zero-order valence-electron chi connectivity index (χ0n) is 10.3.